The van der Waals surface area contributed by atoms with Crippen LogP contribution in [0.25, 0.3) is 22.3 Å². The summed E-state index contributed by atoms with van der Waals surface area (Å²) in [5.74, 6) is 0. The summed E-state index contributed by atoms with van der Waals surface area (Å²) in [7, 11) is 0. The first-order chi connectivity index (χ1) is 12.7. The normalized spacial score (nSPS) is 9.56. The van der Waals surface area contributed by atoms with Crippen molar-refractivity contribution in [2.24, 2.45) is 0 Å². The third-order valence-electron chi connectivity index (χ3n) is 3.93. The van der Waals surface area contributed by atoms with E-state index in [0.29, 0.717) is 0 Å². The van der Waals surface area contributed by atoms with Crippen molar-refractivity contribution in [3.05, 3.63) is 120 Å². The third-order valence-corrected chi connectivity index (χ3v) is 3.93. The molecule has 0 amide bonds. The van der Waals surface area contributed by atoms with Crippen LogP contribution in [0.4, 0.5) is 0 Å². The van der Waals surface area contributed by atoms with Gasteiger partial charge in [0.1, 0.15) is 0 Å². The first kappa shape index (κ1) is 20.8. The van der Waals surface area contributed by atoms with Crippen LogP contribution in [0.1, 0.15) is 11.1 Å². The molecule has 0 aliphatic carbocycles. The molecule has 0 saturated heterocycles. The van der Waals surface area contributed by atoms with Crippen molar-refractivity contribution in [3.63, 3.8) is 0 Å². The van der Waals surface area contributed by atoms with Gasteiger partial charge in [0.2, 0.25) is 0 Å². The summed E-state index contributed by atoms with van der Waals surface area (Å²) in [6, 6.07) is 41.0. The van der Waals surface area contributed by atoms with Gasteiger partial charge in [0.15, 0.2) is 0 Å². The third kappa shape index (κ3) is 6.29. The van der Waals surface area contributed by atoms with E-state index < -0.39 is 0 Å². The van der Waals surface area contributed by atoms with Gasteiger partial charge in [-0.05, 0) is 0 Å². The van der Waals surface area contributed by atoms with Crippen molar-refractivity contribution in [2.45, 2.75) is 13.8 Å². The molecule has 4 rings (SSSR count). The van der Waals surface area contributed by atoms with E-state index in [4.69, 9.17) is 0 Å². The molecule has 0 atom stereocenters. The Kier molecular flexibility index (Phi) is 8.13. The van der Waals surface area contributed by atoms with Gasteiger partial charge in [0.05, 0.1) is 0 Å². The first-order valence-electron chi connectivity index (χ1n) is 8.63. The maximum atomic E-state index is 3.24. The quantitative estimate of drug-likeness (QED) is 0.346. The summed E-state index contributed by atoms with van der Waals surface area (Å²) in [4.78, 5) is 0. The van der Waals surface area contributed by atoms with Gasteiger partial charge in [-0.15, -0.1) is 23.3 Å². The fraction of sp³-hybridized carbons (Fsp3) is 0.0769. The van der Waals surface area contributed by atoms with Gasteiger partial charge in [0.25, 0.3) is 0 Å². The molecule has 0 heterocycles. The smallest absolute Gasteiger partial charge is 0.226 e. The molecule has 0 nitrogen and oxygen atoms in total. The predicted octanol–water partition coefficient (Wildman–Crippen LogP) is 6.52. The van der Waals surface area contributed by atoms with Gasteiger partial charge in [0, 0.05) is 0 Å². The van der Waals surface area contributed by atoms with E-state index in [9.17, 15) is 0 Å². The van der Waals surface area contributed by atoms with Gasteiger partial charge in [-0.1, -0.05) is 13.8 Å². The zero-order valence-corrected chi connectivity index (χ0v) is 16.9. The van der Waals surface area contributed by atoms with Crippen LogP contribution in [0.3, 0.4) is 0 Å². The minimum absolute atomic E-state index is 0. The van der Waals surface area contributed by atoms with Crippen LogP contribution in [0.15, 0.2) is 84.9 Å². The zero-order chi connectivity index (χ0) is 18.2. The maximum Gasteiger partial charge on any atom is 4.00 e. The average molecular weight is 383 g/mol. The zero-order valence-electron chi connectivity index (χ0n) is 15.5. The summed E-state index contributed by atoms with van der Waals surface area (Å²) in [5.41, 5.74) is 6.88. The molecule has 0 unspecified atom stereocenters. The second kappa shape index (κ2) is 10.6. The maximum absolute atomic E-state index is 3.24. The van der Waals surface area contributed by atoms with Crippen LogP contribution in [-0.2, 0) is 18.6 Å². The van der Waals surface area contributed by atoms with Crippen molar-refractivity contribution in [3.8, 4) is 22.3 Å². The molecule has 1 radical (unpaired) electrons. The summed E-state index contributed by atoms with van der Waals surface area (Å²) >= 11 is 0. The van der Waals surface area contributed by atoms with E-state index >= 15 is 0 Å². The number of rotatable bonds is 2. The Morgan fingerprint density at radius 1 is 0.481 bits per heavy atom. The molecule has 0 aliphatic heterocycles. The van der Waals surface area contributed by atoms with Crippen LogP contribution in [-0.4, -0.2) is 0 Å². The van der Waals surface area contributed by atoms with Gasteiger partial charge >= 0.3 is 18.6 Å². The number of aryl methyl sites for hydroxylation is 2. The molecule has 0 fully saturated rings. The van der Waals surface area contributed by atoms with E-state index in [2.05, 4.69) is 62.4 Å². The Balaban J connectivity index is 0.000000189. The second-order valence-electron chi connectivity index (χ2n) is 6.11. The van der Waals surface area contributed by atoms with E-state index in [-0.39, 0.29) is 18.6 Å². The van der Waals surface area contributed by atoms with E-state index in [1.807, 2.05) is 60.7 Å². The Bertz CT molecular complexity index is 828. The molecule has 27 heavy (non-hydrogen) atoms. The standard InChI is InChI=1S/C14H12.C12H8.V/c1-11-3-7-13(8-4-11)14-9-5-12(2)6-10-14;1-3-7-11(8-4-1)12-9-5-2-6-10-12;/h3-7,9H,1-2H3;1-7,9H;/q2*-2;+4. The Hall–Kier alpha value is -2.54. The molecule has 0 bridgehead atoms. The molecule has 0 N–H and O–H groups in total. The number of benzene rings is 4. The van der Waals surface area contributed by atoms with Crippen LogP contribution >= 0.6 is 0 Å². The molecule has 0 spiro atoms. The largest absolute Gasteiger partial charge is 4.00 e. The number of hydrogen-bond acceptors (Lipinski definition) is 0. The topological polar surface area (TPSA) is 0 Å². The van der Waals surface area contributed by atoms with Crippen molar-refractivity contribution in [1.82, 2.24) is 0 Å². The molecule has 0 aliphatic rings. The predicted molar refractivity (Wildman–Crippen MR) is 109 cm³/mol. The van der Waals surface area contributed by atoms with Crippen molar-refractivity contribution in [1.29, 1.82) is 0 Å². The Morgan fingerprint density at radius 3 is 1.19 bits per heavy atom. The van der Waals surface area contributed by atoms with Gasteiger partial charge in [-0.3, -0.25) is 0 Å². The summed E-state index contributed by atoms with van der Waals surface area (Å²) in [5, 5.41) is 0. The van der Waals surface area contributed by atoms with Crippen molar-refractivity contribution < 1.29 is 18.6 Å². The molecular formula is C26H20V. The summed E-state index contributed by atoms with van der Waals surface area (Å²) in [6.45, 7) is 4.14. The van der Waals surface area contributed by atoms with Gasteiger partial charge < -0.3 is 0 Å². The van der Waals surface area contributed by atoms with Crippen LogP contribution in [0.5, 0.6) is 0 Å². The first-order valence-corrected chi connectivity index (χ1v) is 8.63. The summed E-state index contributed by atoms with van der Waals surface area (Å²) < 4.78 is 0. The van der Waals surface area contributed by atoms with Crippen LogP contribution in [0, 0.1) is 38.1 Å². The summed E-state index contributed by atoms with van der Waals surface area (Å²) in [6.07, 6.45) is 0. The molecule has 4 aromatic rings. The Morgan fingerprint density at radius 2 is 0.889 bits per heavy atom. The molecular weight excluding hydrogens is 363 g/mol. The van der Waals surface area contributed by atoms with Crippen molar-refractivity contribution in [2.75, 3.05) is 0 Å². The fourth-order valence-electron chi connectivity index (χ4n) is 2.46. The molecule has 129 valence electrons. The van der Waals surface area contributed by atoms with Gasteiger partial charge in [-0.2, -0.15) is 97.1 Å². The van der Waals surface area contributed by atoms with Crippen LogP contribution in [0.2, 0.25) is 0 Å². The second-order valence-corrected chi connectivity index (χ2v) is 6.11. The van der Waals surface area contributed by atoms with E-state index in [1.54, 1.807) is 0 Å². The van der Waals surface area contributed by atoms with E-state index in [1.165, 1.54) is 11.1 Å². The average Bonchev–Trinajstić information content (AvgIpc) is 2.71. The molecule has 0 saturated carbocycles. The van der Waals surface area contributed by atoms with Gasteiger partial charge in [-0.25, -0.2) is 22.3 Å². The SMILES string of the molecule is Cc1c[c-]c(-c2[c-]cc(C)cc2)cc1.[V+4].[c-]1ccccc1-c1[c-]cccc1. The van der Waals surface area contributed by atoms with Crippen LogP contribution < -0.4 is 0 Å². The van der Waals surface area contributed by atoms with Crippen molar-refractivity contribution >= 4 is 0 Å². The minimum Gasteiger partial charge on any atom is -0.226 e. The Labute approximate surface area is 174 Å². The molecule has 4 aromatic carbocycles. The number of hydrogen-bond donors (Lipinski definition) is 0. The molecule has 0 aromatic heterocycles. The minimum atomic E-state index is 0. The monoisotopic (exact) mass is 383 g/mol. The fourth-order valence-corrected chi connectivity index (χ4v) is 2.46. The van der Waals surface area contributed by atoms with E-state index in [0.717, 1.165) is 22.3 Å². The molecule has 1 heteroatoms.